The van der Waals surface area contributed by atoms with E-state index in [1.807, 2.05) is 52.8 Å². The molecular weight excluding hydrogens is 354 g/mol. The third kappa shape index (κ3) is 5.28. The van der Waals surface area contributed by atoms with E-state index in [1.54, 1.807) is 24.3 Å². The van der Waals surface area contributed by atoms with Crippen molar-refractivity contribution < 1.29 is 19.1 Å². The largest absolute Gasteiger partial charge is 0.456 e. The summed E-state index contributed by atoms with van der Waals surface area (Å²) in [6.45, 7) is 9.05. The summed E-state index contributed by atoms with van der Waals surface area (Å²) < 4.78 is 5.24. The fourth-order valence-corrected chi connectivity index (χ4v) is 2.88. The summed E-state index contributed by atoms with van der Waals surface area (Å²) in [5.74, 6) is -1.41. The maximum Gasteiger partial charge on any atom is 0.329 e. The van der Waals surface area contributed by atoms with E-state index in [9.17, 15) is 14.4 Å². The van der Waals surface area contributed by atoms with E-state index in [0.717, 1.165) is 16.7 Å². The minimum Gasteiger partial charge on any atom is -0.456 e. The van der Waals surface area contributed by atoms with Crippen LogP contribution in [0.5, 0.6) is 0 Å². The number of Topliss-reactive ketones (excluding diaryl/α,β-unsaturated/α-hetero) is 1. The van der Waals surface area contributed by atoms with Crippen molar-refractivity contribution in [2.45, 2.75) is 40.7 Å². The zero-order chi connectivity index (χ0) is 20.8. The van der Waals surface area contributed by atoms with Gasteiger partial charge in [0.15, 0.2) is 6.61 Å². The van der Waals surface area contributed by atoms with Crippen molar-refractivity contribution in [3.8, 4) is 0 Å². The van der Waals surface area contributed by atoms with Gasteiger partial charge in [-0.3, -0.25) is 9.59 Å². The van der Waals surface area contributed by atoms with Crippen LogP contribution in [0.2, 0.25) is 0 Å². The Bertz CT molecular complexity index is 872. The topological polar surface area (TPSA) is 72.5 Å². The predicted octanol–water partition coefficient (Wildman–Crippen LogP) is 3.79. The van der Waals surface area contributed by atoms with E-state index in [-0.39, 0.29) is 24.2 Å². The van der Waals surface area contributed by atoms with Gasteiger partial charge in [-0.1, -0.05) is 38.1 Å². The van der Waals surface area contributed by atoms with Gasteiger partial charge in [-0.25, -0.2) is 4.79 Å². The molecule has 0 radical (unpaired) electrons. The van der Waals surface area contributed by atoms with E-state index >= 15 is 0 Å². The van der Waals surface area contributed by atoms with Crippen molar-refractivity contribution in [1.82, 2.24) is 5.32 Å². The van der Waals surface area contributed by atoms with Gasteiger partial charge in [0.1, 0.15) is 6.04 Å². The van der Waals surface area contributed by atoms with Crippen molar-refractivity contribution in [3.05, 3.63) is 70.3 Å². The van der Waals surface area contributed by atoms with Gasteiger partial charge < -0.3 is 10.1 Å². The lowest BCUT2D eigenvalue weighted by atomic mass is 9.98. The lowest BCUT2D eigenvalue weighted by Gasteiger charge is -2.21. The SMILES string of the molecule is Cc1cc(C)c(C(=O)COC(=O)[C@@H](NC(=O)c2ccccc2)C(C)C)cc1C. The van der Waals surface area contributed by atoms with Gasteiger partial charge in [0, 0.05) is 11.1 Å². The molecule has 5 heteroatoms. The van der Waals surface area contributed by atoms with E-state index < -0.39 is 12.0 Å². The molecule has 0 aliphatic rings. The maximum absolute atomic E-state index is 12.5. The van der Waals surface area contributed by atoms with Gasteiger partial charge in [0.25, 0.3) is 5.91 Å². The first-order valence-electron chi connectivity index (χ1n) is 9.34. The second-order valence-corrected chi connectivity index (χ2v) is 7.34. The lowest BCUT2D eigenvalue weighted by Crippen LogP contribution is -2.45. The molecule has 1 atom stereocenters. The van der Waals surface area contributed by atoms with E-state index in [1.165, 1.54) is 0 Å². The second-order valence-electron chi connectivity index (χ2n) is 7.34. The summed E-state index contributed by atoms with van der Waals surface area (Å²) in [5.41, 5.74) is 3.97. The smallest absolute Gasteiger partial charge is 0.329 e. The number of esters is 1. The molecule has 5 nitrogen and oxygen atoms in total. The van der Waals surface area contributed by atoms with Crippen LogP contribution < -0.4 is 5.32 Å². The molecule has 2 aromatic rings. The standard InChI is InChI=1S/C23H27NO4/c1-14(2)21(24-22(26)18-9-7-6-8-10-18)23(27)28-13-20(25)19-12-16(4)15(3)11-17(19)5/h6-12,14,21H,13H2,1-5H3,(H,24,26)/t21-/m0/s1. The van der Waals surface area contributed by atoms with E-state index in [4.69, 9.17) is 4.74 Å². The summed E-state index contributed by atoms with van der Waals surface area (Å²) in [6, 6.07) is 11.6. The molecule has 0 aromatic heterocycles. The molecule has 2 aromatic carbocycles. The minimum absolute atomic E-state index is 0.182. The van der Waals surface area contributed by atoms with Crippen LogP contribution in [0.15, 0.2) is 42.5 Å². The van der Waals surface area contributed by atoms with Gasteiger partial charge in [-0.15, -0.1) is 0 Å². The summed E-state index contributed by atoms with van der Waals surface area (Å²) in [7, 11) is 0. The average Bonchev–Trinajstić information content (AvgIpc) is 2.67. The Labute approximate surface area is 166 Å². The summed E-state index contributed by atoms with van der Waals surface area (Å²) in [6.07, 6.45) is 0. The van der Waals surface area contributed by atoms with Gasteiger partial charge in [-0.2, -0.15) is 0 Å². The van der Waals surface area contributed by atoms with Gasteiger partial charge in [-0.05, 0) is 61.6 Å². The number of ether oxygens (including phenoxy) is 1. The van der Waals surface area contributed by atoms with E-state index in [0.29, 0.717) is 11.1 Å². The fourth-order valence-electron chi connectivity index (χ4n) is 2.88. The first kappa shape index (κ1) is 21.4. The maximum atomic E-state index is 12.5. The molecule has 0 saturated carbocycles. The summed E-state index contributed by atoms with van der Waals surface area (Å²) >= 11 is 0. The van der Waals surface area contributed by atoms with Crippen molar-refractivity contribution in [2.75, 3.05) is 6.61 Å². The molecular formula is C23H27NO4. The minimum atomic E-state index is -0.832. The average molecular weight is 381 g/mol. The zero-order valence-electron chi connectivity index (χ0n) is 17.0. The number of ketones is 1. The summed E-state index contributed by atoms with van der Waals surface area (Å²) in [5, 5.41) is 2.70. The van der Waals surface area contributed by atoms with E-state index in [2.05, 4.69) is 5.32 Å². The Morgan fingerprint density at radius 1 is 0.929 bits per heavy atom. The van der Waals surface area contributed by atoms with Crippen LogP contribution >= 0.6 is 0 Å². The molecule has 0 saturated heterocycles. The zero-order valence-corrected chi connectivity index (χ0v) is 17.0. The lowest BCUT2D eigenvalue weighted by molar-refractivity contribution is -0.145. The number of hydrogen-bond donors (Lipinski definition) is 1. The molecule has 1 amide bonds. The molecule has 148 valence electrons. The number of hydrogen-bond acceptors (Lipinski definition) is 4. The van der Waals surface area contributed by atoms with Crippen LogP contribution in [0.1, 0.15) is 51.3 Å². The quantitative estimate of drug-likeness (QED) is 0.585. The van der Waals surface area contributed by atoms with Crippen LogP contribution in [-0.4, -0.2) is 30.3 Å². The van der Waals surface area contributed by atoms with Gasteiger partial charge >= 0.3 is 5.97 Å². The van der Waals surface area contributed by atoms with Crippen LogP contribution in [0, 0.1) is 26.7 Å². The third-order valence-corrected chi connectivity index (χ3v) is 4.73. The van der Waals surface area contributed by atoms with Gasteiger partial charge in [0.2, 0.25) is 5.78 Å². The van der Waals surface area contributed by atoms with Crippen LogP contribution in [0.4, 0.5) is 0 Å². The molecule has 0 fully saturated rings. The first-order chi connectivity index (χ1) is 13.2. The third-order valence-electron chi connectivity index (χ3n) is 4.73. The molecule has 0 aliphatic heterocycles. The number of rotatable bonds is 7. The highest BCUT2D eigenvalue weighted by molar-refractivity contribution is 6.00. The van der Waals surface area contributed by atoms with Crippen molar-refractivity contribution in [1.29, 1.82) is 0 Å². The fraction of sp³-hybridized carbons (Fsp3) is 0.348. The summed E-state index contributed by atoms with van der Waals surface area (Å²) in [4.78, 5) is 37.4. The molecule has 0 bridgehead atoms. The highest BCUT2D eigenvalue weighted by Crippen LogP contribution is 2.16. The van der Waals surface area contributed by atoms with Gasteiger partial charge in [0.05, 0.1) is 0 Å². The Morgan fingerprint density at radius 2 is 1.54 bits per heavy atom. The molecule has 2 rings (SSSR count). The van der Waals surface area contributed by atoms with Crippen molar-refractivity contribution in [3.63, 3.8) is 0 Å². The number of amides is 1. The highest BCUT2D eigenvalue weighted by atomic mass is 16.5. The second kappa shape index (κ2) is 9.31. The molecule has 1 N–H and O–H groups in total. The van der Waals surface area contributed by atoms with Crippen LogP contribution in [-0.2, 0) is 9.53 Å². The molecule has 28 heavy (non-hydrogen) atoms. The number of nitrogens with one attached hydrogen (secondary N) is 1. The Morgan fingerprint density at radius 3 is 2.14 bits per heavy atom. The molecule has 0 spiro atoms. The van der Waals surface area contributed by atoms with Crippen LogP contribution in [0.25, 0.3) is 0 Å². The monoisotopic (exact) mass is 381 g/mol. The number of benzene rings is 2. The Balaban J connectivity index is 2.03. The Kier molecular flexibility index (Phi) is 7.10. The molecule has 0 aliphatic carbocycles. The number of carbonyl (C=O) groups is 3. The molecule has 0 heterocycles. The number of carbonyl (C=O) groups excluding carboxylic acids is 3. The Hall–Kier alpha value is -2.95. The van der Waals surface area contributed by atoms with Crippen molar-refractivity contribution in [2.24, 2.45) is 5.92 Å². The highest BCUT2D eigenvalue weighted by Gasteiger charge is 2.27. The number of aryl methyl sites for hydroxylation is 3. The first-order valence-corrected chi connectivity index (χ1v) is 9.34. The normalized spacial score (nSPS) is 11.8. The van der Waals surface area contributed by atoms with Crippen molar-refractivity contribution >= 4 is 17.7 Å². The van der Waals surface area contributed by atoms with Crippen LogP contribution in [0.3, 0.4) is 0 Å². The molecule has 0 unspecified atom stereocenters. The predicted molar refractivity (Wildman–Crippen MR) is 108 cm³/mol.